The van der Waals surface area contributed by atoms with Crippen molar-refractivity contribution >= 4 is 17.5 Å². The molecule has 4 rings (SSSR count). The summed E-state index contributed by atoms with van der Waals surface area (Å²) in [6, 6.07) is 12.1. The molecule has 3 heterocycles. The van der Waals surface area contributed by atoms with E-state index in [1.54, 1.807) is 0 Å². The lowest BCUT2D eigenvalue weighted by Crippen LogP contribution is -2.42. The summed E-state index contributed by atoms with van der Waals surface area (Å²) in [6.07, 6.45) is 2.07. The van der Waals surface area contributed by atoms with Gasteiger partial charge in [0.2, 0.25) is 0 Å². The number of anilines is 2. The second kappa shape index (κ2) is 8.80. The Balaban J connectivity index is 1.38. The quantitative estimate of drug-likeness (QED) is 0.865. The predicted molar refractivity (Wildman–Crippen MR) is 114 cm³/mol. The summed E-state index contributed by atoms with van der Waals surface area (Å²) in [7, 11) is 2.08. The van der Waals surface area contributed by atoms with E-state index in [2.05, 4.69) is 40.1 Å². The third kappa shape index (κ3) is 4.68. The molecule has 1 saturated heterocycles. The second-order valence-corrected chi connectivity index (χ2v) is 7.83. The average molecular weight is 396 g/mol. The number of hydrogen-bond acceptors (Lipinski definition) is 5. The van der Waals surface area contributed by atoms with Crippen LogP contribution in [0.2, 0.25) is 0 Å². The van der Waals surface area contributed by atoms with Gasteiger partial charge in [-0.15, -0.1) is 0 Å². The first-order chi connectivity index (χ1) is 14.1. The number of likely N-dealkylation sites (N-methyl/N-ethyl adjacent to an activating group) is 1. The minimum absolute atomic E-state index is 0.0705. The molecule has 7 nitrogen and oxygen atoms in total. The molecule has 0 radical (unpaired) electrons. The molecule has 1 N–H and O–H groups in total. The zero-order valence-corrected chi connectivity index (χ0v) is 17.2. The van der Waals surface area contributed by atoms with Gasteiger partial charge in [-0.05, 0) is 37.2 Å². The van der Waals surface area contributed by atoms with Crippen LogP contribution in [0.1, 0.15) is 18.1 Å². The third-order valence-corrected chi connectivity index (χ3v) is 5.49. The summed E-state index contributed by atoms with van der Waals surface area (Å²) >= 11 is 0. The Kier molecular flexibility index (Phi) is 5.97. The van der Waals surface area contributed by atoms with E-state index in [0.717, 1.165) is 49.9 Å². The number of aromatic nitrogens is 1. The van der Waals surface area contributed by atoms with Gasteiger partial charge in [0.15, 0.2) is 0 Å². The zero-order chi connectivity index (χ0) is 20.2. The Labute approximate surface area is 172 Å². The van der Waals surface area contributed by atoms with Crippen LogP contribution in [-0.4, -0.2) is 61.9 Å². The van der Waals surface area contributed by atoms with E-state index < -0.39 is 0 Å². The number of nitrogens with zero attached hydrogens (tertiary/aromatic N) is 4. The molecule has 0 spiro atoms. The Morgan fingerprint density at radius 3 is 2.86 bits per heavy atom. The van der Waals surface area contributed by atoms with Gasteiger partial charge in [0.25, 0.3) is 0 Å². The lowest BCUT2D eigenvalue weighted by molar-refractivity contribution is 0.0529. The summed E-state index contributed by atoms with van der Waals surface area (Å²) in [6.45, 7) is 7.35. The number of nitrogens with one attached hydrogen (secondary N) is 1. The standard InChI is InChI=1S/C22H29N5O2/c1-17-15-26(11-12-29-17)21-8-7-18(13-23-21)14-24-22(28)27-10-9-25(2)16-19-5-3-4-6-20(19)27/h3-8,13,17H,9-12,14-16H2,1-2H3,(H,24,28)/t17-/m0/s1. The molecule has 0 unspecified atom stereocenters. The molecule has 1 aromatic heterocycles. The van der Waals surface area contributed by atoms with E-state index in [-0.39, 0.29) is 12.1 Å². The number of carbonyl (C=O) groups is 1. The molecule has 29 heavy (non-hydrogen) atoms. The Hall–Kier alpha value is -2.64. The molecule has 2 amide bonds. The topological polar surface area (TPSA) is 60.9 Å². The minimum atomic E-state index is -0.0705. The van der Waals surface area contributed by atoms with Crippen LogP contribution in [0.5, 0.6) is 0 Å². The van der Waals surface area contributed by atoms with Crippen molar-refractivity contribution in [2.45, 2.75) is 26.1 Å². The fourth-order valence-electron chi connectivity index (χ4n) is 3.89. The normalized spacial score (nSPS) is 20.1. The number of hydrogen-bond donors (Lipinski definition) is 1. The van der Waals surface area contributed by atoms with Gasteiger partial charge in [0, 0.05) is 51.2 Å². The van der Waals surface area contributed by atoms with Gasteiger partial charge in [-0.3, -0.25) is 4.90 Å². The van der Waals surface area contributed by atoms with Crippen molar-refractivity contribution in [1.29, 1.82) is 0 Å². The van der Waals surface area contributed by atoms with E-state index in [9.17, 15) is 4.79 Å². The molecule has 0 saturated carbocycles. The number of para-hydroxylation sites is 1. The number of pyridine rings is 1. The highest BCUT2D eigenvalue weighted by atomic mass is 16.5. The number of urea groups is 1. The van der Waals surface area contributed by atoms with E-state index >= 15 is 0 Å². The van der Waals surface area contributed by atoms with E-state index in [1.165, 1.54) is 5.56 Å². The zero-order valence-electron chi connectivity index (χ0n) is 17.2. The predicted octanol–water partition coefficient (Wildman–Crippen LogP) is 2.47. The highest BCUT2D eigenvalue weighted by Crippen LogP contribution is 2.24. The maximum absolute atomic E-state index is 12.9. The second-order valence-electron chi connectivity index (χ2n) is 7.83. The maximum atomic E-state index is 12.9. The molecule has 1 fully saturated rings. The van der Waals surface area contributed by atoms with Crippen molar-refractivity contribution in [3.8, 4) is 0 Å². The Morgan fingerprint density at radius 2 is 2.07 bits per heavy atom. The van der Waals surface area contributed by atoms with Gasteiger partial charge in [-0.1, -0.05) is 24.3 Å². The number of amides is 2. The van der Waals surface area contributed by atoms with Crippen molar-refractivity contribution in [2.24, 2.45) is 0 Å². The number of carbonyl (C=O) groups excluding carboxylic acids is 1. The first-order valence-corrected chi connectivity index (χ1v) is 10.2. The van der Waals surface area contributed by atoms with Gasteiger partial charge in [-0.2, -0.15) is 0 Å². The van der Waals surface area contributed by atoms with Crippen molar-refractivity contribution in [1.82, 2.24) is 15.2 Å². The molecule has 0 bridgehead atoms. The summed E-state index contributed by atoms with van der Waals surface area (Å²) in [4.78, 5) is 23.8. The van der Waals surface area contributed by atoms with Crippen LogP contribution in [0.4, 0.5) is 16.3 Å². The van der Waals surface area contributed by atoms with Crippen molar-refractivity contribution in [2.75, 3.05) is 49.6 Å². The van der Waals surface area contributed by atoms with Crippen LogP contribution in [-0.2, 0) is 17.8 Å². The fourth-order valence-corrected chi connectivity index (χ4v) is 3.89. The molecule has 2 aliphatic rings. The first-order valence-electron chi connectivity index (χ1n) is 10.2. The van der Waals surface area contributed by atoms with Crippen LogP contribution in [0, 0.1) is 0 Å². The smallest absolute Gasteiger partial charge is 0.322 e. The molecule has 2 aliphatic heterocycles. The fraction of sp³-hybridized carbons (Fsp3) is 0.455. The summed E-state index contributed by atoms with van der Waals surface area (Å²) in [5, 5.41) is 3.05. The van der Waals surface area contributed by atoms with E-state index in [4.69, 9.17) is 4.74 Å². The average Bonchev–Trinajstić information content (AvgIpc) is 2.90. The SMILES string of the molecule is C[C@H]1CN(c2ccc(CNC(=O)N3CCN(C)Cc4ccccc43)cn2)CCO1. The maximum Gasteiger partial charge on any atom is 0.322 e. The highest BCUT2D eigenvalue weighted by molar-refractivity contribution is 5.93. The number of benzene rings is 1. The van der Waals surface area contributed by atoms with Crippen molar-refractivity contribution in [3.05, 3.63) is 53.7 Å². The third-order valence-electron chi connectivity index (χ3n) is 5.49. The van der Waals surface area contributed by atoms with Crippen LogP contribution in [0.15, 0.2) is 42.6 Å². The van der Waals surface area contributed by atoms with Crippen LogP contribution < -0.4 is 15.1 Å². The number of morpholine rings is 1. The molecule has 1 aromatic carbocycles. The number of fused-ring (bicyclic) bond motifs is 1. The van der Waals surface area contributed by atoms with Gasteiger partial charge in [0.05, 0.1) is 12.7 Å². The number of ether oxygens (including phenoxy) is 1. The Bertz CT molecular complexity index is 841. The first kappa shape index (κ1) is 19.7. The van der Waals surface area contributed by atoms with Crippen LogP contribution >= 0.6 is 0 Å². The summed E-state index contributed by atoms with van der Waals surface area (Å²) in [5.74, 6) is 0.958. The van der Waals surface area contributed by atoms with Gasteiger partial charge in [-0.25, -0.2) is 9.78 Å². The molecule has 154 valence electrons. The molecule has 2 aromatic rings. The number of rotatable bonds is 3. The van der Waals surface area contributed by atoms with Gasteiger partial charge in [0.1, 0.15) is 5.82 Å². The summed E-state index contributed by atoms with van der Waals surface area (Å²) in [5.41, 5.74) is 3.15. The Morgan fingerprint density at radius 1 is 1.21 bits per heavy atom. The highest BCUT2D eigenvalue weighted by Gasteiger charge is 2.22. The minimum Gasteiger partial charge on any atom is -0.375 e. The van der Waals surface area contributed by atoms with Gasteiger partial charge >= 0.3 is 6.03 Å². The molecule has 1 atom stereocenters. The van der Waals surface area contributed by atoms with Crippen LogP contribution in [0.3, 0.4) is 0 Å². The molecule has 7 heteroatoms. The van der Waals surface area contributed by atoms with E-state index in [1.807, 2.05) is 41.4 Å². The molecule has 0 aliphatic carbocycles. The largest absolute Gasteiger partial charge is 0.375 e. The van der Waals surface area contributed by atoms with Gasteiger partial charge < -0.3 is 19.9 Å². The van der Waals surface area contributed by atoms with E-state index in [0.29, 0.717) is 13.1 Å². The van der Waals surface area contributed by atoms with Crippen molar-refractivity contribution in [3.63, 3.8) is 0 Å². The molecular formula is C22H29N5O2. The lowest BCUT2D eigenvalue weighted by Gasteiger charge is -2.32. The van der Waals surface area contributed by atoms with Crippen molar-refractivity contribution < 1.29 is 9.53 Å². The monoisotopic (exact) mass is 395 g/mol. The molecular weight excluding hydrogens is 366 g/mol. The summed E-state index contributed by atoms with van der Waals surface area (Å²) < 4.78 is 5.59. The van der Waals surface area contributed by atoms with Crippen LogP contribution in [0.25, 0.3) is 0 Å². The lowest BCUT2D eigenvalue weighted by atomic mass is 10.1.